The van der Waals surface area contributed by atoms with Crippen LogP contribution in [0.4, 0.5) is 4.39 Å². The van der Waals surface area contributed by atoms with Crippen LogP contribution < -0.4 is 5.69 Å². The van der Waals surface area contributed by atoms with Crippen molar-refractivity contribution in [2.24, 2.45) is 0 Å². The molecule has 5 nitrogen and oxygen atoms in total. The van der Waals surface area contributed by atoms with Crippen LogP contribution in [0.15, 0.2) is 23.0 Å². The summed E-state index contributed by atoms with van der Waals surface area (Å²) in [7, 11) is 0. The van der Waals surface area contributed by atoms with E-state index in [1.165, 1.54) is 12.1 Å². The van der Waals surface area contributed by atoms with E-state index >= 15 is 0 Å². The summed E-state index contributed by atoms with van der Waals surface area (Å²) in [5, 5.41) is 8.98. The first kappa shape index (κ1) is 8.61. The molecule has 0 amide bonds. The number of H-pyrrole nitrogens is 1. The van der Waals surface area contributed by atoms with E-state index < -0.39 is 11.5 Å². The Balaban J connectivity index is 2.68. The Morgan fingerprint density at radius 2 is 2.29 bits per heavy atom. The fourth-order valence-corrected chi connectivity index (χ4v) is 1.17. The number of tetrazole rings is 1. The second kappa shape index (κ2) is 3.06. The summed E-state index contributed by atoms with van der Waals surface area (Å²) in [6.45, 7) is 1.76. The first-order valence-electron chi connectivity index (χ1n) is 3.95. The largest absolute Gasteiger partial charge is 0.365 e. The summed E-state index contributed by atoms with van der Waals surface area (Å²) in [5.41, 5.74) is 0.657. The van der Waals surface area contributed by atoms with Crippen LogP contribution in [0.5, 0.6) is 0 Å². The van der Waals surface area contributed by atoms with Gasteiger partial charge in [-0.2, -0.15) is 4.68 Å². The third-order valence-corrected chi connectivity index (χ3v) is 1.87. The molecule has 0 radical (unpaired) electrons. The Morgan fingerprint density at radius 1 is 1.50 bits per heavy atom. The zero-order chi connectivity index (χ0) is 10.1. The van der Waals surface area contributed by atoms with Gasteiger partial charge in [0, 0.05) is 6.07 Å². The summed E-state index contributed by atoms with van der Waals surface area (Å²) >= 11 is 0. The van der Waals surface area contributed by atoms with Gasteiger partial charge in [-0.3, -0.25) is 0 Å². The molecule has 1 N–H and O–H groups in total. The highest BCUT2D eigenvalue weighted by molar-refractivity contribution is 5.38. The van der Waals surface area contributed by atoms with E-state index in [4.69, 9.17) is 0 Å². The lowest BCUT2D eigenvalue weighted by atomic mass is 10.2. The third-order valence-electron chi connectivity index (χ3n) is 1.87. The van der Waals surface area contributed by atoms with Crippen LogP contribution in [0.25, 0.3) is 5.69 Å². The molecule has 2 aromatic rings. The van der Waals surface area contributed by atoms with Crippen LogP contribution in [0.2, 0.25) is 0 Å². The zero-order valence-electron chi connectivity index (χ0n) is 7.36. The Kier molecular flexibility index (Phi) is 1.88. The maximum Gasteiger partial charge on any atom is 0.365 e. The Hall–Kier alpha value is -1.98. The van der Waals surface area contributed by atoms with E-state index in [2.05, 4.69) is 15.5 Å². The molecule has 0 aliphatic rings. The number of halogens is 1. The number of benzene rings is 1. The van der Waals surface area contributed by atoms with Gasteiger partial charge < -0.3 is 0 Å². The summed E-state index contributed by atoms with van der Waals surface area (Å²) in [4.78, 5) is 11.1. The Labute approximate surface area is 78.2 Å². The lowest BCUT2D eigenvalue weighted by Crippen LogP contribution is -2.17. The van der Waals surface area contributed by atoms with Gasteiger partial charge in [-0.15, -0.1) is 0 Å². The second-order valence-corrected chi connectivity index (χ2v) is 2.85. The normalized spacial score (nSPS) is 10.4. The van der Waals surface area contributed by atoms with Gasteiger partial charge in [-0.1, -0.05) is 6.07 Å². The van der Waals surface area contributed by atoms with E-state index in [-0.39, 0.29) is 0 Å². The molecule has 14 heavy (non-hydrogen) atoms. The number of hydrogen-bond donors (Lipinski definition) is 1. The monoisotopic (exact) mass is 194 g/mol. The van der Waals surface area contributed by atoms with Crippen molar-refractivity contribution in [1.29, 1.82) is 0 Å². The van der Waals surface area contributed by atoms with Gasteiger partial charge in [0.1, 0.15) is 5.82 Å². The Morgan fingerprint density at radius 3 is 2.93 bits per heavy atom. The van der Waals surface area contributed by atoms with Crippen molar-refractivity contribution in [3.8, 4) is 5.69 Å². The van der Waals surface area contributed by atoms with Crippen molar-refractivity contribution in [2.75, 3.05) is 0 Å². The molecule has 0 atom stereocenters. The van der Waals surface area contributed by atoms with Gasteiger partial charge in [-0.05, 0) is 29.0 Å². The number of rotatable bonds is 1. The van der Waals surface area contributed by atoms with Crippen molar-refractivity contribution in [3.05, 3.63) is 40.1 Å². The average molecular weight is 194 g/mol. The van der Waals surface area contributed by atoms with Gasteiger partial charge in [0.25, 0.3) is 0 Å². The SMILES string of the molecule is Cc1ccc(F)cc1-n1nn[nH]c1=O. The van der Waals surface area contributed by atoms with Crippen LogP contribution >= 0.6 is 0 Å². The molecule has 1 aromatic carbocycles. The molecule has 6 heteroatoms. The highest BCUT2D eigenvalue weighted by Crippen LogP contribution is 2.11. The van der Waals surface area contributed by atoms with Crippen molar-refractivity contribution < 1.29 is 4.39 Å². The number of aromatic nitrogens is 4. The van der Waals surface area contributed by atoms with Gasteiger partial charge in [0.05, 0.1) is 5.69 Å². The molecule has 0 saturated heterocycles. The minimum absolute atomic E-state index is 0.392. The fraction of sp³-hybridized carbons (Fsp3) is 0.125. The number of aromatic amines is 1. The molecule has 1 aromatic heterocycles. The van der Waals surface area contributed by atoms with E-state index in [1.54, 1.807) is 13.0 Å². The predicted molar refractivity (Wildman–Crippen MR) is 46.7 cm³/mol. The highest BCUT2D eigenvalue weighted by Gasteiger charge is 2.06. The first-order chi connectivity index (χ1) is 6.68. The predicted octanol–water partition coefficient (Wildman–Crippen LogP) is 0.403. The van der Waals surface area contributed by atoms with Crippen LogP contribution in [0, 0.1) is 12.7 Å². The molecule has 0 saturated carbocycles. The summed E-state index contributed by atoms with van der Waals surface area (Å²) in [6, 6.07) is 4.13. The fourth-order valence-electron chi connectivity index (χ4n) is 1.17. The van der Waals surface area contributed by atoms with Crippen LogP contribution in [-0.4, -0.2) is 20.2 Å². The Bertz CT molecular complexity index is 516. The number of hydrogen-bond acceptors (Lipinski definition) is 3. The zero-order valence-corrected chi connectivity index (χ0v) is 7.36. The molecular weight excluding hydrogens is 187 g/mol. The summed E-state index contributed by atoms with van der Waals surface area (Å²) in [5.74, 6) is -0.416. The molecule has 2 rings (SSSR count). The lowest BCUT2D eigenvalue weighted by molar-refractivity contribution is 0.623. The summed E-state index contributed by atoms with van der Waals surface area (Å²) in [6.07, 6.45) is 0. The van der Waals surface area contributed by atoms with Crippen LogP contribution in [0.1, 0.15) is 5.56 Å². The molecule has 1 heterocycles. The topological polar surface area (TPSA) is 63.6 Å². The molecular formula is C8H7FN4O. The number of nitrogens with zero attached hydrogens (tertiary/aromatic N) is 3. The molecule has 72 valence electrons. The second-order valence-electron chi connectivity index (χ2n) is 2.85. The molecule has 0 fully saturated rings. The molecule has 0 aliphatic carbocycles. The minimum atomic E-state index is -0.487. The van der Waals surface area contributed by atoms with E-state index in [9.17, 15) is 9.18 Å². The van der Waals surface area contributed by atoms with Crippen molar-refractivity contribution in [2.45, 2.75) is 6.92 Å². The minimum Gasteiger partial charge on any atom is -0.244 e. The maximum absolute atomic E-state index is 12.9. The van der Waals surface area contributed by atoms with Crippen molar-refractivity contribution >= 4 is 0 Å². The van der Waals surface area contributed by atoms with Gasteiger partial charge in [0.15, 0.2) is 0 Å². The first-order valence-corrected chi connectivity index (χ1v) is 3.95. The summed E-state index contributed by atoms with van der Waals surface area (Å²) < 4.78 is 13.9. The molecule has 0 bridgehead atoms. The van der Waals surface area contributed by atoms with E-state index in [0.717, 1.165) is 10.2 Å². The van der Waals surface area contributed by atoms with Gasteiger partial charge >= 0.3 is 5.69 Å². The third kappa shape index (κ3) is 1.30. The van der Waals surface area contributed by atoms with Gasteiger partial charge in [0.2, 0.25) is 0 Å². The van der Waals surface area contributed by atoms with Crippen molar-refractivity contribution in [1.82, 2.24) is 20.2 Å². The molecule has 0 aliphatic heterocycles. The number of aryl methyl sites for hydroxylation is 1. The highest BCUT2D eigenvalue weighted by atomic mass is 19.1. The maximum atomic E-state index is 12.9. The van der Waals surface area contributed by atoms with Crippen molar-refractivity contribution in [3.63, 3.8) is 0 Å². The standard InChI is InChI=1S/C8H7FN4O/c1-5-2-3-6(9)4-7(5)13-8(14)10-11-12-13/h2-4H,1H3,(H,10,12,14). The quantitative estimate of drug-likeness (QED) is 0.714. The van der Waals surface area contributed by atoms with Crippen LogP contribution in [0.3, 0.4) is 0 Å². The molecule has 0 unspecified atom stereocenters. The van der Waals surface area contributed by atoms with E-state index in [1.807, 2.05) is 0 Å². The van der Waals surface area contributed by atoms with Crippen LogP contribution in [-0.2, 0) is 0 Å². The average Bonchev–Trinajstić information content (AvgIpc) is 2.56. The lowest BCUT2D eigenvalue weighted by Gasteiger charge is -2.02. The van der Waals surface area contributed by atoms with E-state index in [0.29, 0.717) is 5.69 Å². The smallest absolute Gasteiger partial charge is 0.244 e. The molecule has 0 spiro atoms. The van der Waals surface area contributed by atoms with Gasteiger partial charge in [-0.25, -0.2) is 14.3 Å². The number of nitrogens with one attached hydrogen (secondary N) is 1.